The Bertz CT molecular complexity index is 536. The molecule has 0 fully saturated rings. The quantitative estimate of drug-likeness (QED) is 0.0802. The third-order valence-corrected chi connectivity index (χ3v) is 7.28. The molecule has 0 atom stereocenters. The lowest BCUT2D eigenvalue weighted by molar-refractivity contribution is -1.25. The molecule has 4 heteroatoms. The van der Waals surface area contributed by atoms with Crippen LogP contribution in [0, 0.1) is 0 Å². The zero-order chi connectivity index (χ0) is 24.6. The summed E-state index contributed by atoms with van der Waals surface area (Å²) >= 11 is 0. The molecular weight excluding hydrogens is 454 g/mol. The number of benzene rings is 1. The van der Waals surface area contributed by atoms with Gasteiger partial charge in [0.25, 0.3) is 0 Å². The molecule has 0 aliphatic rings. The first-order chi connectivity index (χ1) is 16.8. The molecule has 0 radical (unpaired) electrons. The Balaban J connectivity index is 0.0000116. The van der Waals surface area contributed by atoms with Crippen molar-refractivity contribution in [2.24, 2.45) is 0 Å². The Morgan fingerprint density at radius 1 is 0.514 bits per heavy atom. The minimum Gasteiger partial charge on any atom is -1.00 e. The second-order valence-electron chi connectivity index (χ2n) is 10.3. The summed E-state index contributed by atoms with van der Waals surface area (Å²) in [6.45, 7) is 3.96. The third-order valence-electron chi connectivity index (χ3n) is 7.28. The van der Waals surface area contributed by atoms with Gasteiger partial charge in [-0.2, -0.15) is 9.68 Å². The Labute approximate surface area is 225 Å². The van der Waals surface area contributed by atoms with Gasteiger partial charge >= 0.3 is 0 Å². The van der Waals surface area contributed by atoms with E-state index in [0.29, 0.717) is 0 Å². The lowest BCUT2D eigenvalue weighted by atomic mass is 10.0. The fraction of sp³-hybridized carbons (Fsp3) is 0.806. The second-order valence-corrected chi connectivity index (χ2v) is 10.3. The first-order valence-corrected chi connectivity index (χ1v) is 14.8. The fourth-order valence-corrected chi connectivity index (χ4v) is 4.93. The van der Waals surface area contributed by atoms with E-state index >= 15 is 0 Å². The Morgan fingerprint density at radius 3 is 1.20 bits per heavy atom. The van der Waals surface area contributed by atoms with E-state index in [1.165, 1.54) is 128 Å². The van der Waals surface area contributed by atoms with Gasteiger partial charge in [-0.25, -0.2) is 0 Å². The molecule has 0 saturated heterocycles. The van der Waals surface area contributed by atoms with Crippen LogP contribution in [-0.4, -0.2) is 25.6 Å². The van der Waals surface area contributed by atoms with Crippen LogP contribution in [0.25, 0.3) is 0 Å². The summed E-state index contributed by atoms with van der Waals surface area (Å²) in [4.78, 5) is 11.7. The topological polar surface area (TPSA) is 18.5 Å². The second kappa shape index (κ2) is 25.1. The van der Waals surface area contributed by atoms with Crippen molar-refractivity contribution in [2.75, 3.05) is 20.8 Å². The SMILES string of the molecule is CCCCCCCCCCCCCCCCCCCCCC[N+](Cc1ccccc1)(OC)OC.[Cl-]. The summed E-state index contributed by atoms with van der Waals surface area (Å²) in [6, 6.07) is 10.5. The molecule has 3 nitrogen and oxygen atoms in total. The molecular formula is C31H58ClNO2. The van der Waals surface area contributed by atoms with Gasteiger partial charge in [-0.15, -0.1) is 0 Å². The highest BCUT2D eigenvalue weighted by Crippen LogP contribution is 2.19. The normalized spacial score (nSPS) is 11.5. The van der Waals surface area contributed by atoms with Crippen LogP contribution in [0.2, 0.25) is 0 Å². The van der Waals surface area contributed by atoms with E-state index < -0.39 is 0 Å². The number of halogens is 1. The van der Waals surface area contributed by atoms with Crippen molar-refractivity contribution in [1.82, 2.24) is 0 Å². The van der Waals surface area contributed by atoms with Crippen molar-refractivity contribution < 1.29 is 26.9 Å². The van der Waals surface area contributed by atoms with Crippen molar-refractivity contribution in [1.29, 1.82) is 0 Å². The number of hydroxylamine groups is 4. The van der Waals surface area contributed by atoms with Crippen LogP contribution in [0.3, 0.4) is 0 Å². The van der Waals surface area contributed by atoms with E-state index in [4.69, 9.17) is 9.68 Å². The summed E-state index contributed by atoms with van der Waals surface area (Å²) in [5, 5.41) is 0. The van der Waals surface area contributed by atoms with Crippen molar-refractivity contribution in [3.63, 3.8) is 0 Å². The maximum Gasteiger partial charge on any atom is 0.168 e. The molecule has 0 aliphatic carbocycles. The summed E-state index contributed by atoms with van der Waals surface area (Å²) in [5.41, 5.74) is 1.25. The molecule has 0 N–H and O–H groups in total. The van der Waals surface area contributed by atoms with E-state index in [-0.39, 0.29) is 17.2 Å². The van der Waals surface area contributed by atoms with E-state index in [0.717, 1.165) is 19.5 Å². The minimum atomic E-state index is 0. The zero-order valence-corrected chi connectivity index (χ0v) is 24.3. The van der Waals surface area contributed by atoms with Crippen molar-refractivity contribution >= 4 is 0 Å². The average Bonchev–Trinajstić information content (AvgIpc) is 2.87. The standard InChI is InChI=1S/C31H58NO2.ClH/c1-4-5-6-7-8-9-10-11-12-13-14-15-16-17-18-19-20-21-22-26-29-32(33-2,34-3)30-31-27-24-23-25-28-31;/h23-25,27-28H,4-22,26,29-30H2,1-3H3;1H/q+1;/p-1. The Kier molecular flexibility index (Phi) is 24.6. The molecule has 1 aromatic carbocycles. The van der Waals surface area contributed by atoms with Gasteiger partial charge in [-0.05, 0) is 11.2 Å². The number of quaternary nitrogens is 1. The fourth-order valence-electron chi connectivity index (χ4n) is 4.93. The molecule has 0 spiro atoms. The monoisotopic (exact) mass is 511 g/mol. The number of rotatable bonds is 25. The van der Waals surface area contributed by atoms with Crippen LogP contribution in [0.5, 0.6) is 0 Å². The lowest BCUT2D eigenvalue weighted by Crippen LogP contribution is -3.00. The first kappa shape index (κ1) is 34.4. The highest BCUT2D eigenvalue weighted by Gasteiger charge is 2.29. The number of hydrogen-bond acceptors (Lipinski definition) is 2. The molecule has 0 aromatic heterocycles. The van der Waals surface area contributed by atoms with E-state index in [9.17, 15) is 0 Å². The maximum absolute atomic E-state index is 5.75. The van der Waals surface area contributed by atoms with Crippen LogP contribution in [-0.2, 0) is 16.2 Å². The zero-order valence-electron chi connectivity index (χ0n) is 23.6. The Hall–Kier alpha value is -0.610. The number of hydrogen-bond donors (Lipinski definition) is 0. The molecule has 0 heterocycles. The van der Waals surface area contributed by atoms with Gasteiger partial charge in [0.1, 0.15) is 6.54 Å². The van der Waals surface area contributed by atoms with Crippen LogP contribution in [0.1, 0.15) is 141 Å². The molecule has 0 saturated carbocycles. The summed E-state index contributed by atoms with van der Waals surface area (Å²) in [5.74, 6) is 0. The predicted molar refractivity (Wildman–Crippen MR) is 147 cm³/mol. The van der Waals surface area contributed by atoms with Crippen molar-refractivity contribution in [3.05, 3.63) is 35.9 Å². The Morgan fingerprint density at radius 2 is 0.857 bits per heavy atom. The van der Waals surface area contributed by atoms with Gasteiger partial charge in [0, 0.05) is 12.0 Å². The highest BCUT2D eigenvalue weighted by atomic mass is 35.5. The average molecular weight is 512 g/mol. The third kappa shape index (κ3) is 19.2. The molecule has 1 rings (SSSR count). The van der Waals surface area contributed by atoms with E-state index in [1.807, 2.05) is 0 Å². The molecule has 1 aromatic rings. The van der Waals surface area contributed by atoms with Gasteiger partial charge in [0.2, 0.25) is 0 Å². The summed E-state index contributed by atoms with van der Waals surface area (Å²) in [7, 11) is 3.51. The molecule has 0 aliphatic heterocycles. The molecule has 206 valence electrons. The van der Waals surface area contributed by atoms with Gasteiger partial charge in [0.15, 0.2) is 6.54 Å². The van der Waals surface area contributed by atoms with Gasteiger partial charge in [-0.1, -0.05) is 153 Å². The molecule has 0 amide bonds. The number of unbranched alkanes of at least 4 members (excludes halogenated alkanes) is 19. The van der Waals surface area contributed by atoms with Crippen molar-refractivity contribution in [3.8, 4) is 0 Å². The maximum atomic E-state index is 5.75. The van der Waals surface area contributed by atoms with E-state index in [2.05, 4.69) is 37.3 Å². The largest absolute Gasteiger partial charge is 1.00 e. The molecule has 0 bridgehead atoms. The van der Waals surface area contributed by atoms with Crippen LogP contribution < -0.4 is 12.4 Å². The lowest BCUT2D eigenvalue weighted by Gasteiger charge is -2.30. The van der Waals surface area contributed by atoms with Gasteiger partial charge in [-0.3, -0.25) is 0 Å². The van der Waals surface area contributed by atoms with Crippen LogP contribution in [0.4, 0.5) is 0 Å². The van der Waals surface area contributed by atoms with E-state index in [1.54, 1.807) is 14.2 Å². The first-order valence-electron chi connectivity index (χ1n) is 14.8. The molecule has 0 unspecified atom stereocenters. The smallest absolute Gasteiger partial charge is 0.168 e. The van der Waals surface area contributed by atoms with Crippen LogP contribution >= 0.6 is 0 Å². The predicted octanol–water partition coefficient (Wildman–Crippen LogP) is 6.95. The summed E-state index contributed by atoms with van der Waals surface area (Å²) in [6.07, 6.45) is 28.2. The van der Waals surface area contributed by atoms with Crippen molar-refractivity contribution in [2.45, 2.75) is 142 Å². The molecule has 35 heavy (non-hydrogen) atoms. The minimum absolute atomic E-state index is 0. The highest BCUT2D eigenvalue weighted by molar-refractivity contribution is 5.13. The van der Waals surface area contributed by atoms with Gasteiger partial charge in [0.05, 0.1) is 14.2 Å². The summed E-state index contributed by atoms with van der Waals surface area (Å²) < 4.78 is 0. The van der Waals surface area contributed by atoms with Gasteiger partial charge < -0.3 is 12.4 Å². The van der Waals surface area contributed by atoms with Crippen LogP contribution in [0.15, 0.2) is 30.3 Å². The number of nitrogens with zero attached hydrogens (tertiary/aromatic N) is 1.